The van der Waals surface area contributed by atoms with Gasteiger partial charge in [-0.2, -0.15) is 0 Å². The normalized spacial score (nSPS) is 11.0. The maximum atomic E-state index is 13.2. The Bertz CT molecular complexity index is 1400. The monoisotopic (exact) mass is 400 g/mol. The average molecular weight is 400 g/mol. The zero-order chi connectivity index (χ0) is 21.3. The van der Waals surface area contributed by atoms with Gasteiger partial charge >= 0.3 is 0 Å². The number of aromatic nitrogens is 4. The summed E-state index contributed by atoms with van der Waals surface area (Å²) < 4.78 is 3.03. The molecule has 1 amide bonds. The van der Waals surface area contributed by atoms with Crippen molar-refractivity contribution in [1.29, 1.82) is 5.41 Å². The minimum absolute atomic E-state index is 0.0299. The zero-order valence-corrected chi connectivity index (χ0v) is 16.4. The first-order valence-corrected chi connectivity index (χ1v) is 9.39. The van der Waals surface area contributed by atoms with Crippen molar-refractivity contribution in [3.63, 3.8) is 0 Å². The Balaban J connectivity index is 2.07. The number of hydrogen-bond acceptors (Lipinski definition) is 5. The molecule has 0 fully saturated rings. The highest BCUT2D eigenvalue weighted by Crippen LogP contribution is 2.14. The number of carbonyl (C=O) groups excluding carboxylic acids is 1. The van der Waals surface area contributed by atoms with E-state index in [9.17, 15) is 9.59 Å². The second-order valence-corrected chi connectivity index (χ2v) is 6.89. The molecule has 0 aromatic carbocycles. The van der Waals surface area contributed by atoms with Gasteiger partial charge in [0.1, 0.15) is 16.8 Å². The predicted octanol–water partition coefficient (Wildman–Crippen LogP) is 1.80. The largest absolute Gasteiger partial charge is 0.348 e. The lowest BCUT2D eigenvalue weighted by molar-refractivity contribution is 0.0955. The average Bonchev–Trinajstić information content (AvgIpc) is 2.75. The van der Waals surface area contributed by atoms with Crippen molar-refractivity contribution >= 4 is 22.6 Å². The summed E-state index contributed by atoms with van der Waals surface area (Å²) in [6.45, 7) is 5.97. The summed E-state index contributed by atoms with van der Waals surface area (Å²) in [6.07, 6.45) is 6.55. The molecule has 0 spiro atoms. The molecule has 0 aliphatic rings. The van der Waals surface area contributed by atoms with Crippen LogP contribution in [0.4, 0.5) is 0 Å². The molecule has 0 saturated carbocycles. The molecule has 4 heterocycles. The summed E-state index contributed by atoms with van der Waals surface area (Å²) in [6, 6.07) is 8.76. The van der Waals surface area contributed by atoms with Gasteiger partial charge in [-0.15, -0.1) is 6.58 Å². The van der Waals surface area contributed by atoms with Crippen molar-refractivity contribution < 1.29 is 4.79 Å². The van der Waals surface area contributed by atoms with Crippen molar-refractivity contribution in [2.24, 2.45) is 0 Å². The maximum Gasteiger partial charge on any atom is 0.267 e. The first kappa shape index (κ1) is 19.3. The number of amides is 1. The summed E-state index contributed by atoms with van der Waals surface area (Å²) in [5.74, 6) is -0.449. The molecule has 150 valence electrons. The number of hydrogen-bond donors (Lipinski definition) is 2. The van der Waals surface area contributed by atoms with Gasteiger partial charge in [0.15, 0.2) is 0 Å². The molecule has 2 N–H and O–H groups in total. The molecule has 0 unspecified atom stereocenters. The Morgan fingerprint density at radius 3 is 2.87 bits per heavy atom. The smallest absolute Gasteiger partial charge is 0.267 e. The number of pyridine rings is 3. The van der Waals surface area contributed by atoms with Crippen molar-refractivity contribution in [2.75, 3.05) is 6.54 Å². The molecule has 4 rings (SSSR count). The third kappa shape index (κ3) is 3.28. The number of nitrogens with one attached hydrogen (secondary N) is 2. The standard InChI is InChI=1S/C22H20N6O2/c1-3-8-25-21(29)16-11-17-20(26-19-14(2)6-5-10-27(19)22(17)30)28(18(16)23)13-15-7-4-9-24-12-15/h3-7,9-12,23H,1,8,13H2,2H3,(H,25,29). The quantitative estimate of drug-likeness (QED) is 0.394. The summed E-state index contributed by atoms with van der Waals surface area (Å²) in [4.78, 5) is 34.7. The first-order valence-electron chi connectivity index (χ1n) is 9.39. The van der Waals surface area contributed by atoms with Gasteiger partial charge in [0.25, 0.3) is 11.5 Å². The number of aryl methyl sites for hydroxylation is 1. The lowest BCUT2D eigenvalue weighted by Crippen LogP contribution is -2.35. The van der Waals surface area contributed by atoms with E-state index < -0.39 is 5.91 Å². The molecule has 0 saturated heterocycles. The van der Waals surface area contributed by atoms with Crippen LogP contribution in [0.2, 0.25) is 0 Å². The SMILES string of the molecule is C=CCNC(=O)c1cc2c(=O)n3cccc(C)c3nc2n(Cc2cccnc2)c1=N. The van der Waals surface area contributed by atoms with Gasteiger partial charge in [-0.3, -0.25) is 24.4 Å². The number of rotatable bonds is 5. The van der Waals surface area contributed by atoms with Crippen LogP contribution >= 0.6 is 0 Å². The van der Waals surface area contributed by atoms with E-state index in [4.69, 9.17) is 10.4 Å². The van der Waals surface area contributed by atoms with Gasteiger partial charge in [0.05, 0.1) is 17.5 Å². The second kappa shape index (κ2) is 7.75. The first-order chi connectivity index (χ1) is 14.5. The van der Waals surface area contributed by atoms with Crippen molar-refractivity contribution in [2.45, 2.75) is 13.5 Å². The molecule has 0 atom stereocenters. The fourth-order valence-electron chi connectivity index (χ4n) is 3.36. The van der Waals surface area contributed by atoms with Gasteiger partial charge in [-0.1, -0.05) is 18.2 Å². The number of carbonyl (C=O) groups is 1. The molecule has 8 nitrogen and oxygen atoms in total. The summed E-state index contributed by atoms with van der Waals surface area (Å²) in [5.41, 5.74) is 2.30. The van der Waals surface area contributed by atoms with Crippen LogP contribution < -0.4 is 16.4 Å². The minimum atomic E-state index is -0.449. The topological polar surface area (TPSA) is 105 Å². The van der Waals surface area contributed by atoms with Crippen molar-refractivity contribution in [1.82, 2.24) is 24.3 Å². The van der Waals surface area contributed by atoms with Gasteiger partial charge in [0.2, 0.25) is 0 Å². The summed E-state index contributed by atoms with van der Waals surface area (Å²) in [5, 5.41) is 11.6. The van der Waals surface area contributed by atoms with Crippen LogP contribution in [0.15, 0.2) is 66.4 Å². The van der Waals surface area contributed by atoms with E-state index in [0.717, 1.165) is 11.1 Å². The lowest BCUT2D eigenvalue weighted by Gasteiger charge is -2.15. The molecule has 0 radical (unpaired) electrons. The van der Waals surface area contributed by atoms with E-state index in [1.807, 2.05) is 19.1 Å². The summed E-state index contributed by atoms with van der Waals surface area (Å²) >= 11 is 0. The highest BCUT2D eigenvalue weighted by Gasteiger charge is 2.18. The molecule has 30 heavy (non-hydrogen) atoms. The third-order valence-corrected chi connectivity index (χ3v) is 4.85. The second-order valence-electron chi connectivity index (χ2n) is 6.89. The molecule has 0 aliphatic heterocycles. The Hall–Kier alpha value is -4.07. The predicted molar refractivity (Wildman–Crippen MR) is 113 cm³/mol. The molecular formula is C22H20N6O2. The summed E-state index contributed by atoms with van der Waals surface area (Å²) in [7, 11) is 0. The van der Waals surface area contributed by atoms with Crippen LogP contribution in [0.1, 0.15) is 21.5 Å². The lowest BCUT2D eigenvalue weighted by atomic mass is 10.1. The molecule has 0 bridgehead atoms. The molecule has 0 aliphatic carbocycles. The van der Waals surface area contributed by atoms with Crippen LogP contribution in [-0.2, 0) is 6.54 Å². The van der Waals surface area contributed by atoms with E-state index in [1.165, 1.54) is 10.5 Å². The van der Waals surface area contributed by atoms with Gasteiger partial charge in [0, 0.05) is 25.1 Å². The third-order valence-electron chi connectivity index (χ3n) is 4.85. The van der Waals surface area contributed by atoms with E-state index in [2.05, 4.69) is 16.9 Å². The Kier molecular flexibility index (Phi) is 4.97. The fourth-order valence-corrected chi connectivity index (χ4v) is 3.36. The van der Waals surface area contributed by atoms with Gasteiger partial charge < -0.3 is 9.88 Å². The zero-order valence-electron chi connectivity index (χ0n) is 16.4. The van der Waals surface area contributed by atoms with Crippen LogP contribution in [-0.4, -0.2) is 31.4 Å². The van der Waals surface area contributed by atoms with E-state index in [1.54, 1.807) is 41.4 Å². The highest BCUT2D eigenvalue weighted by molar-refractivity contribution is 5.96. The molecule has 4 aromatic rings. The number of fused-ring (bicyclic) bond motifs is 2. The Morgan fingerprint density at radius 2 is 2.13 bits per heavy atom. The van der Waals surface area contributed by atoms with E-state index in [0.29, 0.717) is 11.3 Å². The highest BCUT2D eigenvalue weighted by atomic mass is 16.1. The molecular weight excluding hydrogens is 380 g/mol. The molecule has 8 heteroatoms. The van der Waals surface area contributed by atoms with Crippen LogP contribution in [0.3, 0.4) is 0 Å². The van der Waals surface area contributed by atoms with Crippen LogP contribution in [0, 0.1) is 12.3 Å². The Labute approximate surface area is 171 Å². The Morgan fingerprint density at radius 1 is 1.30 bits per heavy atom. The van der Waals surface area contributed by atoms with Gasteiger partial charge in [-0.25, -0.2) is 4.98 Å². The van der Waals surface area contributed by atoms with Gasteiger partial charge in [-0.05, 0) is 36.2 Å². The minimum Gasteiger partial charge on any atom is -0.348 e. The van der Waals surface area contributed by atoms with Crippen LogP contribution in [0.25, 0.3) is 16.7 Å². The van der Waals surface area contributed by atoms with Crippen molar-refractivity contribution in [3.05, 3.63) is 94.1 Å². The van der Waals surface area contributed by atoms with E-state index >= 15 is 0 Å². The number of nitrogens with zero attached hydrogens (tertiary/aromatic N) is 4. The van der Waals surface area contributed by atoms with Crippen molar-refractivity contribution in [3.8, 4) is 0 Å². The fraction of sp³-hybridized carbons (Fsp3) is 0.136. The maximum absolute atomic E-state index is 13.2. The van der Waals surface area contributed by atoms with E-state index in [-0.39, 0.29) is 35.1 Å². The van der Waals surface area contributed by atoms with Crippen LogP contribution in [0.5, 0.6) is 0 Å². The molecule has 4 aromatic heterocycles.